The van der Waals surface area contributed by atoms with Gasteiger partial charge < -0.3 is 45.1 Å². The lowest BCUT2D eigenvalue weighted by Crippen LogP contribution is -2.60. The summed E-state index contributed by atoms with van der Waals surface area (Å²) in [6.07, 6.45) is 71.5. The molecule has 1 aliphatic heterocycles. The van der Waals surface area contributed by atoms with Crippen LogP contribution in [0, 0.1) is 0 Å². The molecule has 0 aromatic carbocycles. The molecule has 11 heteroatoms. The first-order chi connectivity index (χ1) is 41.7. The minimum Gasteiger partial charge on any atom is -0.466 e. The molecule has 1 amide bonds. The van der Waals surface area contributed by atoms with E-state index in [1.54, 1.807) is 6.08 Å². The predicted molar refractivity (Wildman–Crippen MR) is 357 cm³/mol. The van der Waals surface area contributed by atoms with Crippen molar-refractivity contribution in [3.8, 4) is 0 Å². The fourth-order valence-corrected chi connectivity index (χ4v) is 11.7. The van der Waals surface area contributed by atoms with Crippen molar-refractivity contribution in [1.29, 1.82) is 0 Å². The summed E-state index contributed by atoms with van der Waals surface area (Å²) in [4.78, 5) is 25.1. The molecule has 7 unspecified atom stereocenters. The Morgan fingerprint density at radius 3 is 1.19 bits per heavy atom. The number of carbonyl (C=O) groups is 2. The predicted octanol–water partition coefficient (Wildman–Crippen LogP) is 19.0. The topological polar surface area (TPSA) is 175 Å². The van der Waals surface area contributed by atoms with Crippen molar-refractivity contribution in [3.63, 3.8) is 0 Å². The van der Waals surface area contributed by atoms with Gasteiger partial charge in [-0.2, -0.15) is 0 Å². The van der Waals surface area contributed by atoms with Gasteiger partial charge in [-0.05, 0) is 64.2 Å². The molecule has 1 aliphatic rings. The minimum absolute atomic E-state index is 0.00796. The lowest BCUT2D eigenvalue weighted by atomic mass is 9.99. The Bertz CT molecular complexity index is 1510. The molecule has 7 atom stereocenters. The first kappa shape index (κ1) is 80.9. The maximum Gasteiger partial charge on any atom is 0.305 e. The second kappa shape index (κ2) is 63.4. The molecular weight excluding hydrogens is 1060 g/mol. The van der Waals surface area contributed by atoms with Gasteiger partial charge in [-0.25, -0.2) is 0 Å². The molecule has 0 spiro atoms. The van der Waals surface area contributed by atoms with Crippen LogP contribution in [0.15, 0.2) is 36.5 Å². The molecule has 0 radical (unpaired) electrons. The highest BCUT2D eigenvalue weighted by Crippen LogP contribution is 2.23. The summed E-state index contributed by atoms with van der Waals surface area (Å²) in [6.45, 7) is 4.37. The molecule has 0 aliphatic carbocycles. The van der Waals surface area contributed by atoms with Crippen LogP contribution >= 0.6 is 0 Å². The smallest absolute Gasteiger partial charge is 0.305 e. The van der Waals surface area contributed by atoms with Crippen LogP contribution in [-0.2, 0) is 23.8 Å². The van der Waals surface area contributed by atoms with Crippen LogP contribution in [0.25, 0.3) is 0 Å². The number of amides is 1. The number of hydrogen-bond acceptors (Lipinski definition) is 10. The quantitative estimate of drug-likeness (QED) is 0.0195. The Morgan fingerprint density at radius 1 is 0.435 bits per heavy atom. The van der Waals surface area contributed by atoms with Crippen molar-refractivity contribution < 1.29 is 49.3 Å². The number of esters is 1. The first-order valence-electron chi connectivity index (χ1n) is 36.8. The maximum absolute atomic E-state index is 13.1. The van der Waals surface area contributed by atoms with E-state index in [1.807, 2.05) is 6.08 Å². The third kappa shape index (κ3) is 52.4. The number of aliphatic hydroxyl groups excluding tert-OH is 5. The largest absolute Gasteiger partial charge is 0.466 e. The van der Waals surface area contributed by atoms with E-state index in [0.29, 0.717) is 19.4 Å². The number of allylic oxidation sites excluding steroid dienone is 5. The van der Waals surface area contributed by atoms with Gasteiger partial charge in [-0.15, -0.1) is 0 Å². The Kier molecular flexibility index (Phi) is 60.4. The first-order valence-corrected chi connectivity index (χ1v) is 36.8. The van der Waals surface area contributed by atoms with Crippen LogP contribution < -0.4 is 5.32 Å². The summed E-state index contributed by atoms with van der Waals surface area (Å²) in [5, 5.41) is 54.5. The number of unbranched alkanes of at least 4 members (excludes halogenated alkanes) is 47. The van der Waals surface area contributed by atoms with Crippen molar-refractivity contribution in [2.75, 3.05) is 19.8 Å². The molecule has 1 rings (SSSR count). The van der Waals surface area contributed by atoms with Crippen molar-refractivity contribution in [2.45, 2.75) is 403 Å². The monoisotopic (exact) mass is 1200 g/mol. The van der Waals surface area contributed by atoms with E-state index in [4.69, 9.17) is 14.2 Å². The number of carbonyl (C=O) groups excluding carboxylic acids is 2. The molecule has 0 saturated carbocycles. The third-order valence-electron chi connectivity index (χ3n) is 17.5. The summed E-state index contributed by atoms with van der Waals surface area (Å²) < 4.78 is 16.7. The van der Waals surface area contributed by atoms with E-state index >= 15 is 0 Å². The average Bonchev–Trinajstić information content (AvgIpc) is 3.30. The zero-order valence-corrected chi connectivity index (χ0v) is 55.6. The fraction of sp³-hybridized carbons (Fsp3) is 0.892. The normalized spacial score (nSPS) is 18.1. The number of nitrogens with one attached hydrogen (secondary N) is 1. The summed E-state index contributed by atoms with van der Waals surface area (Å²) >= 11 is 0. The second-order valence-corrected chi connectivity index (χ2v) is 25.7. The fourth-order valence-electron chi connectivity index (χ4n) is 11.7. The number of rotatable bonds is 65. The number of aliphatic hydroxyl groups is 5. The van der Waals surface area contributed by atoms with Crippen LogP contribution in [0.1, 0.15) is 361 Å². The molecule has 11 nitrogen and oxygen atoms in total. The molecule has 0 aromatic rings. The molecule has 1 fully saturated rings. The van der Waals surface area contributed by atoms with Gasteiger partial charge in [0.05, 0.1) is 32.0 Å². The molecule has 0 aromatic heterocycles. The van der Waals surface area contributed by atoms with Crippen LogP contribution in [0.4, 0.5) is 0 Å². The van der Waals surface area contributed by atoms with Gasteiger partial charge >= 0.3 is 5.97 Å². The molecule has 0 bridgehead atoms. The second-order valence-electron chi connectivity index (χ2n) is 25.7. The summed E-state index contributed by atoms with van der Waals surface area (Å²) in [5.41, 5.74) is 0. The molecule has 1 saturated heterocycles. The molecule has 1 heterocycles. The van der Waals surface area contributed by atoms with Gasteiger partial charge in [0.15, 0.2) is 6.29 Å². The van der Waals surface area contributed by atoms with Crippen LogP contribution in [0.2, 0.25) is 0 Å². The van der Waals surface area contributed by atoms with Crippen LogP contribution in [0.5, 0.6) is 0 Å². The van der Waals surface area contributed by atoms with Crippen molar-refractivity contribution in [3.05, 3.63) is 36.5 Å². The van der Waals surface area contributed by atoms with E-state index in [0.717, 1.165) is 57.8 Å². The van der Waals surface area contributed by atoms with Gasteiger partial charge in [0.25, 0.3) is 0 Å². The van der Waals surface area contributed by atoms with E-state index in [9.17, 15) is 35.1 Å². The third-order valence-corrected chi connectivity index (χ3v) is 17.5. The van der Waals surface area contributed by atoms with Crippen molar-refractivity contribution in [2.24, 2.45) is 0 Å². The van der Waals surface area contributed by atoms with E-state index < -0.39 is 49.5 Å². The Morgan fingerprint density at radius 2 is 0.788 bits per heavy atom. The van der Waals surface area contributed by atoms with E-state index in [1.165, 1.54) is 276 Å². The molecule has 6 N–H and O–H groups in total. The Labute approximate surface area is 523 Å². The zero-order valence-electron chi connectivity index (χ0n) is 55.6. The van der Waals surface area contributed by atoms with Gasteiger partial charge in [0, 0.05) is 12.8 Å². The highest BCUT2D eigenvalue weighted by atomic mass is 16.7. The van der Waals surface area contributed by atoms with Crippen molar-refractivity contribution >= 4 is 11.9 Å². The van der Waals surface area contributed by atoms with Gasteiger partial charge in [0.1, 0.15) is 24.4 Å². The van der Waals surface area contributed by atoms with Crippen LogP contribution in [0.3, 0.4) is 0 Å². The van der Waals surface area contributed by atoms with E-state index in [-0.39, 0.29) is 18.5 Å². The van der Waals surface area contributed by atoms with Crippen molar-refractivity contribution in [1.82, 2.24) is 5.32 Å². The molecule has 85 heavy (non-hydrogen) atoms. The molecular formula is C74H139NO10. The lowest BCUT2D eigenvalue weighted by molar-refractivity contribution is -0.302. The van der Waals surface area contributed by atoms with Crippen LogP contribution in [-0.4, -0.2) is 100 Å². The minimum atomic E-state index is -1.57. The highest BCUT2D eigenvalue weighted by Gasteiger charge is 2.44. The Balaban J connectivity index is 1.95. The van der Waals surface area contributed by atoms with Gasteiger partial charge in [-0.1, -0.05) is 320 Å². The SMILES string of the molecule is CCCCCCCCCCCC/C=C/C(O)C(COC1OC(CO)C(O)C(O)C1O)NC(=O)CCCCCCCCCCCCCCCCCCC/C=C\C/C=C\CCCCCCCCCCCOC(=O)CCCCCCCCCCCCCC. The maximum atomic E-state index is 13.1. The highest BCUT2D eigenvalue weighted by molar-refractivity contribution is 5.76. The summed E-state index contributed by atoms with van der Waals surface area (Å²) in [7, 11) is 0. The number of hydrogen-bond donors (Lipinski definition) is 6. The lowest BCUT2D eigenvalue weighted by Gasteiger charge is -2.40. The van der Waals surface area contributed by atoms with Gasteiger partial charge in [-0.3, -0.25) is 9.59 Å². The molecule has 500 valence electrons. The van der Waals surface area contributed by atoms with Gasteiger partial charge in [0.2, 0.25) is 5.91 Å². The summed E-state index contributed by atoms with van der Waals surface area (Å²) in [5.74, 6) is -0.170. The summed E-state index contributed by atoms with van der Waals surface area (Å²) in [6, 6.07) is -0.808. The standard InChI is InChI=1S/C74H139NO10/c1-3-5-7-9-11-13-15-40-44-48-52-56-60-67(77)66(65-84-74-73(82)72(81)71(80)68(64-76)85-74)75-69(78)61-57-53-49-45-41-38-36-34-32-30-28-26-24-22-20-18-17-19-21-23-25-27-29-31-33-35-37-39-43-47-51-55-59-63-83-70(79)62-58-54-50-46-42-16-14-12-10-8-6-4-2/h21,23,27,29,56,60,66-68,71-74,76-77,80-82H,3-20,22,24-26,28,30-55,57-59,61-65H2,1-2H3,(H,75,78)/b23-21-,29-27-,60-56+. The number of ether oxygens (including phenoxy) is 3. The average molecular weight is 1200 g/mol. The Hall–Kier alpha value is -2.12. The van der Waals surface area contributed by atoms with E-state index in [2.05, 4.69) is 43.5 Å². The zero-order chi connectivity index (χ0) is 61.6.